The molecule has 35 heavy (non-hydrogen) atoms. The van der Waals surface area contributed by atoms with Crippen molar-refractivity contribution in [2.75, 3.05) is 0 Å². The Morgan fingerprint density at radius 3 is 1.83 bits per heavy atom. The van der Waals surface area contributed by atoms with E-state index in [2.05, 4.69) is 15.5 Å². The smallest absolute Gasteiger partial charge is 0.374 e. The molecule has 1 atom stereocenters. The second-order valence-electron chi connectivity index (χ2n) is 8.10. The number of aromatic nitrogens is 2. The highest BCUT2D eigenvalue weighted by Crippen LogP contribution is 2.52. The summed E-state index contributed by atoms with van der Waals surface area (Å²) in [5, 5.41) is 12.6. The van der Waals surface area contributed by atoms with E-state index in [4.69, 9.17) is 18.6 Å². The summed E-state index contributed by atoms with van der Waals surface area (Å²) in [5.41, 5.74) is 3.30. The van der Waals surface area contributed by atoms with Crippen LogP contribution in [0.3, 0.4) is 0 Å². The Kier molecular flexibility index (Phi) is 4.04. The van der Waals surface area contributed by atoms with Crippen LogP contribution in [0.4, 0.5) is 0 Å². The molecule has 0 amide bonds. The van der Waals surface area contributed by atoms with Gasteiger partial charge in [0.05, 0.1) is 0 Å². The zero-order chi connectivity index (χ0) is 23.4. The van der Waals surface area contributed by atoms with Gasteiger partial charge in [0.2, 0.25) is 11.5 Å². The second-order valence-corrected chi connectivity index (χ2v) is 8.10. The van der Waals surface area contributed by atoms with Crippen molar-refractivity contribution < 1.29 is 23.4 Å². The molecule has 0 radical (unpaired) electrons. The van der Waals surface area contributed by atoms with Gasteiger partial charge in [0.25, 0.3) is 11.7 Å². The van der Waals surface area contributed by atoms with E-state index in [1.807, 2.05) is 91.0 Å². The molecular formula is C27H15N3O5. The molecule has 8 heteroatoms. The van der Waals surface area contributed by atoms with Gasteiger partial charge in [-0.15, -0.1) is 0 Å². The highest BCUT2D eigenvalue weighted by molar-refractivity contribution is 6.15. The second kappa shape index (κ2) is 7.26. The first-order valence-electron chi connectivity index (χ1n) is 10.9. The molecule has 0 saturated carbocycles. The maximum Gasteiger partial charge on any atom is 0.374 e. The minimum atomic E-state index is -1.95. The van der Waals surface area contributed by atoms with Crippen LogP contribution in [-0.4, -0.2) is 22.0 Å². The summed E-state index contributed by atoms with van der Waals surface area (Å²) in [4.78, 5) is 20.1. The lowest BCUT2D eigenvalue weighted by Crippen LogP contribution is -2.41. The van der Waals surface area contributed by atoms with Gasteiger partial charge in [-0.3, -0.25) is 4.79 Å². The average molecular weight is 461 g/mol. The number of oxime groups is 1. The number of nitrogens with zero attached hydrogens (tertiary/aromatic N) is 3. The highest BCUT2D eigenvalue weighted by atomic mass is 16.8. The Hall–Kier alpha value is -4.98. The van der Waals surface area contributed by atoms with Gasteiger partial charge in [-0.05, 0) is 17.3 Å². The van der Waals surface area contributed by atoms with Crippen molar-refractivity contribution in [1.82, 2.24) is 10.3 Å². The normalized spacial score (nSPS) is 17.9. The first-order valence-corrected chi connectivity index (χ1v) is 10.9. The number of Topliss-reactive ketones (excluding diaryl/α,β-unsaturated/α-hetero) is 1. The highest BCUT2D eigenvalue weighted by Gasteiger charge is 2.61. The largest absolute Gasteiger partial charge is 0.419 e. The predicted octanol–water partition coefficient (Wildman–Crippen LogP) is 5.42. The number of carbonyl (C=O) groups excluding carboxylic acids is 1. The number of fused-ring (bicyclic) bond motifs is 4. The lowest BCUT2D eigenvalue weighted by molar-refractivity contribution is -0.129. The van der Waals surface area contributed by atoms with E-state index in [1.165, 1.54) is 0 Å². The van der Waals surface area contributed by atoms with Gasteiger partial charge in [0, 0.05) is 16.7 Å². The molecule has 1 unspecified atom stereocenters. The summed E-state index contributed by atoms with van der Waals surface area (Å²) in [7, 11) is 0. The zero-order valence-corrected chi connectivity index (χ0v) is 18.0. The first kappa shape index (κ1) is 19.5. The number of ketones is 1. The van der Waals surface area contributed by atoms with Crippen LogP contribution in [0.5, 0.6) is 0 Å². The standard InChI is InChI=1S/C27H15N3O5/c31-25-19-21(16-10-4-1-5-11-16)28-33-23(19)24-20(22(29-34-24)17-12-6-2-7-13-17)27(25)32-26(30-35-27)18-14-8-3-9-15-18/h1-15H. The fraction of sp³-hybridized carbons (Fsp3) is 0.0370. The van der Waals surface area contributed by atoms with Crippen molar-refractivity contribution in [2.24, 2.45) is 5.16 Å². The van der Waals surface area contributed by atoms with Crippen LogP contribution in [0.2, 0.25) is 0 Å². The van der Waals surface area contributed by atoms with Crippen molar-refractivity contribution in [3.8, 4) is 34.0 Å². The molecule has 0 N–H and O–H groups in total. The lowest BCUT2D eigenvalue weighted by Gasteiger charge is -2.27. The Morgan fingerprint density at radius 2 is 1.17 bits per heavy atom. The molecule has 0 bridgehead atoms. The van der Waals surface area contributed by atoms with E-state index in [-0.39, 0.29) is 28.5 Å². The van der Waals surface area contributed by atoms with E-state index in [0.717, 1.165) is 5.56 Å². The van der Waals surface area contributed by atoms with Gasteiger partial charge >= 0.3 is 5.79 Å². The molecule has 3 aromatic carbocycles. The summed E-state index contributed by atoms with van der Waals surface area (Å²) in [5.74, 6) is -1.91. The molecule has 1 aliphatic heterocycles. The van der Waals surface area contributed by atoms with Crippen molar-refractivity contribution in [1.29, 1.82) is 0 Å². The maximum absolute atomic E-state index is 14.2. The van der Waals surface area contributed by atoms with E-state index in [0.29, 0.717) is 22.5 Å². The minimum absolute atomic E-state index is 0.171. The van der Waals surface area contributed by atoms with Crippen molar-refractivity contribution in [3.05, 3.63) is 108 Å². The molecule has 0 saturated heterocycles. The molecule has 2 aromatic heterocycles. The van der Waals surface area contributed by atoms with Crippen LogP contribution in [0.25, 0.3) is 34.0 Å². The van der Waals surface area contributed by atoms with Crippen molar-refractivity contribution >= 4 is 11.7 Å². The quantitative estimate of drug-likeness (QED) is 0.354. The molecule has 1 spiro atoms. The summed E-state index contributed by atoms with van der Waals surface area (Å²) >= 11 is 0. The molecule has 1 aliphatic carbocycles. The monoisotopic (exact) mass is 461 g/mol. The molecular weight excluding hydrogens is 446 g/mol. The third-order valence-corrected chi connectivity index (χ3v) is 6.06. The number of ether oxygens (including phenoxy) is 1. The topological polar surface area (TPSA) is 100.0 Å². The van der Waals surface area contributed by atoms with Gasteiger partial charge < -0.3 is 18.6 Å². The van der Waals surface area contributed by atoms with Gasteiger partial charge in [0.15, 0.2) is 0 Å². The summed E-state index contributed by atoms with van der Waals surface area (Å²) < 4.78 is 17.7. The molecule has 0 fully saturated rings. The average Bonchev–Trinajstić information content (AvgIpc) is 3.66. The number of carbonyl (C=O) groups is 1. The summed E-state index contributed by atoms with van der Waals surface area (Å²) in [6.07, 6.45) is 0. The Labute approximate surface area is 198 Å². The lowest BCUT2D eigenvalue weighted by atomic mass is 9.84. The molecule has 7 rings (SSSR count). The van der Waals surface area contributed by atoms with Crippen LogP contribution in [0.1, 0.15) is 21.5 Å². The summed E-state index contributed by atoms with van der Waals surface area (Å²) in [6.45, 7) is 0. The molecule has 3 heterocycles. The number of benzene rings is 3. The summed E-state index contributed by atoms with van der Waals surface area (Å²) in [6, 6.07) is 27.8. The van der Waals surface area contributed by atoms with Crippen LogP contribution in [0.15, 0.2) is 105 Å². The van der Waals surface area contributed by atoms with Crippen molar-refractivity contribution in [3.63, 3.8) is 0 Å². The number of hydrogen-bond donors (Lipinski definition) is 0. The Morgan fingerprint density at radius 1 is 0.629 bits per heavy atom. The third-order valence-electron chi connectivity index (χ3n) is 6.06. The van der Waals surface area contributed by atoms with E-state index >= 15 is 0 Å². The van der Waals surface area contributed by atoms with E-state index in [1.54, 1.807) is 0 Å². The first-order chi connectivity index (χ1) is 17.3. The molecule has 168 valence electrons. The Bertz CT molecular complexity index is 1610. The molecule has 5 aromatic rings. The van der Waals surface area contributed by atoms with Gasteiger partial charge in [-0.2, -0.15) is 0 Å². The zero-order valence-electron chi connectivity index (χ0n) is 18.0. The fourth-order valence-corrected chi connectivity index (χ4v) is 4.43. The third kappa shape index (κ3) is 2.73. The van der Waals surface area contributed by atoms with Crippen LogP contribution in [-0.2, 0) is 15.4 Å². The molecule has 2 aliphatic rings. The van der Waals surface area contributed by atoms with Gasteiger partial charge in [-0.25, -0.2) is 0 Å². The number of hydrogen-bond acceptors (Lipinski definition) is 8. The predicted molar refractivity (Wildman–Crippen MR) is 124 cm³/mol. The van der Waals surface area contributed by atoms with Gasteiger partial charge in [-0.1, -0.05) is 89.2 Å². The Balaban J connectivity index is 1.46. The van der Waals surface area contributed by atoms with Crippen LogP contribution in [0, 0.1) is 0 Å². The van der Waals surface area contributed by atoms with Gasteiger partial charge in [0.1, 0.15) is 22.5 Å². The maximum atomic E-state index is 14.2. The number of rotatable bonds is 3. The molecule has 8 nitrogen and oxygen atoms in total. The van der Waals surface area contributed by atoms with E-state index < -0.39 is 11.6 Å². The van der Waals surface area contributed by atoms with Crippen LogP contribution < -0.4 is 0 Å². The fourth-order valence-electron chi connectivity index (χ4n) is 4.43. The van der Waals surface area contributed by atoms with E-state index in [9.17, 15) is 4.79 Å². The minimum Gasteiger partial charge on any atom is -0.419 e. The van der Waals surface area contributed by atoms with Crippen molar-refractivity contribution in [2.45, 2.75) is 5.79 Å². The SMILES string of the molecule is O=C1c2c(-c3ccccc3)noc2-c2onc(-c3ccccc3)c2C12ON=C(c1ccccc1)O2. The van der Waals surface area contributed by atoms with Crippen LogP contribution >= 0.6 is 0 Å².